The lowest BCUT2D eigenvalue weighted by molar-refractivity contribution is 0.174. The van der Waals surface area contributed by atoms with Crippen LogP contribution in [0.3, 0.4) is 0 Å². The van der Waals surface area contributed by atoms with Gasteiger partial charge >= 0.3 is 0 Å². The molecule has 0 aliphatic carbocycles. The highest BCUT2D eigenvalue weighted by Crippen LogP contribution is 2.34. The monoisotopic (exact) mass is 268 g/mol. The summed E-state index contributed by atoms with van der Waals surface area (Å²) in [4.78, 5) is 0. The van der Waals surface area contributed by atoms with Gasteiger partial charge in [0.25, 0.3) is 0 Å². The molecule has 18 heavy (non-hydrogen) atoms. The Hall–Kier alpha value is -1.94. The number of nitrogens with one attached hydrogen (secondary N) is 1. The third-order valence-corrected chi connectivity index (χ3v) is 4.23. The molecular formula is C11H12N2O4S. The van der Waals surface area contributed by atoms with Gasteiger partial charge in [0.15, 0.2) is 16.7 Å². The summed E-state index contributed by atoms with van der Waals surface area (Å²) in [6, 6.07) is 6.47. The molecule has 0 amide bonds. The molecule has 1 unspecified atom stereocenters. The molecule has 96 valence electrons. The predicted molar refractivity (Wildman–Crippen MR) is 64.8 cm³/mol. The molecule has 1 N–H and O–H groups in total. The summed E-state index contributed by atoms with van der Waals surface area (Å²) in [5.74, 6) is 1.06. The van der Waals surface area contributed by atoms with Crippen molar-refractivity contribution in [2.75, 3.05) is 11.5 Å². The maximum Gasteiger partial charge on any atom is 0.249 e. The van der Waals surface area contributed by atoms with Gasteiger partial charge in [-0.1, -0.05) is 6.92 Å². The summed E-state index contributed by atoms with van der Waals surface area (Å²) < 4.78 is 36.3. The van der Waals surface area contributed by atoms with Crippen molar-refractivity contribution in [3.8, 4) is 17.6 Å². The van der Waals surface area contributed by atoms with Gasteiger partial charge in [0.2, 0.25) is 16.8 Å². The normalized spacial score (nSPS) is 14.9. The number of nitrogens with zero attached hydrogens (tertiary/aromatic N) is 1. The fourth-order valence-electron chi connectivity index (χ4n) is 1.58. The van der Waals surface area contributed by atoms with Gasteiger partial charge in [-0.2, -0.15) is 5.26 Å². The number of hydrogen-bond acceptors (Lipinski definition) is 5. The van der Waals surface area contributed by atoms with Crippen molar-refractivity contribution >= 4 is 15.7 Å². The first-order valence-electron chi connectivity index (χ1n) is 5.37. The fraction of sp³-hybridized carbons (Fsp3) is 0.364. The van der Waals surface area contributed by atoms with Crippen LogP contribution in [0.25, 0.3) is 0 Å². The molecular weight excluding hydrogens is 256 g/mol. The molecule has 0 bridgehead atoms. The van der Waals surface area contributed by atoms with Crippen molar-refractivity contribution in [1.82, 2.24) is 0 Å². The number of rotatable bonds is 4. The van der Waals surface area contributed by atoms with E-state index in [4.69, 9.17) is 14.7 Å². The first-order valence-corrected chi connectivity index (χ1v) is 6.92. The summed E-state index contributed by atoms with van der Waals surface area (Å²) in [6.45, 7) is 1.77. The van der Waals surface area contributed by atoms with Gasteiger partial charge in [0.05, 0.1) is 11.8 Å². The van der Waals surface area contributed by atoms with Crippen molar-refractivity contribution in [2.24, 2.45) is 0 Å². The molecule has 1 aromatic carbocycles. The van der Waals surface area contributed by atoms with E-state index in [2.05, 4.69) is 4.72 Å². The number of nitriles is 1. The summed E-state index contributed by atoms with van der Waals surface area (Å²) in [7, 11) is -3.70. The van der Waals surface area contributed by atoms with Crippen LogP contribution in [0.2, 0.25) is 0 Å². The van der Waals surface area contributed by atoms with Gasteiger partial charge in [0.1, 0.15) is 0 Å². The molecule has 0 aromatic heterocycles. The highest BCUT2D eigenvalue weighted by atomic mass is 32.2. The van der Waals surface area contributed by atoms with E-state index < -0.39 is 15.3 Å². The number of ether oxygens (including phenoxy) is 2. The zero-order valence-electron chi connectivity index (χ0n) is 9.71. The molecule has 1 aliphatic heterocycles. The van der Waals surface area contributed by atoms with E-state index in [0.29, 0.717) is 17.2 Å². The van der Waals surface area contributed by atoms with Crippen molar-refractivity contribution in [1.29, 1.82) is 5.26 Å². The van der Waals surface area contributed by atoms with Crippen LogP contribution >= 0.6 is 0 Å². The zero-order valence-corrected chi connectivity index (χ0v) is 10.5. The van der Waals surface area contributed by atoms with Gasteiger partial charge < -0.3 is 9.47 Å². The average molecular weight is 268 g/mol. The van der Waals surface area contributed by atoms with E-state index in [0.717, 1.165) is 0 Å². The SMILES string of the molecule is CCC(C#N)S(=O)(=O)Nc1ccc2c(c1)OCO2. The Morgan fingerprint density at radius 3 is 2.83 bits per heavy atom. The van der Waals surface area contributed by atoms with E-state index >= 15 is 0 Å². The maximum atomic E-state index is 11.9. The minimum atomic E-state index is -3.70. The highest BCUT2D eigenvalue weighted by molar-refractivity contribution is 7.93. The number of sulfonamides is 1. The number of fused-ring (bicyclic) bond motifs is 1. The summed E-state index contributed by atoms with van der Waals surface area (Å²) in [5, 5.41) is 7.71. The highest BCUT2D eigenvalue weighted by Gasteiger charge is 2.24. The molecule has 0 spiro atoms. The maximum absolute atomic E-state index is 11.9. The molecule has 1 heterocycles. The third kappa shape index (κ3) is 2.33. The first kappa shape index (κ1) is 12.5. The standard InChI is InChI=1S/C11H12N2O4S/c1-2-9(6-12)18(14,15)13-8-3-4-10-11(5-8)17-7-16-10/h3-5,9,13H,2,7H2,1H3. The lowest BCUT2D eigenvalue weighted by Crippen LogP contribution is -2.25. The molecule has 0 radical (unpaired) electrons. The minimum Gasteiger partial charge on any atom is -0.454 e. The van der Waals surface area contributed by atoms with Gasteiger partial charge in [-0.3, -0.25) is 4.72 Å². The molecule has 0 fully saturated rings. The summed E-state index contributed by atoms with van der Waals surface area (Å²) in [5.41, 5.74) is 0.355. The van der Waals surface area contributed by atoms with Crippen molar-refractivity contribution < 1.29 is 17.9 Å². The number of hydrogen-bond donors (Lipinski definition) is 1. The zero-order chi connectivity index (χ0) is 13.2. The van der Waals surface area contributed by atoms with Crippen LogP contribution < -0.4 is 14.2 Å². The smallest absolute Gasteiger partial charge is 0.249 e. The summed E-state index contributed by atoms with van der Waals surface area (Å²) >= 11 is 0. The van der Waals surface area contributed by atoms with E-state index in [1.54, 1.807) is 25.1 Å². The number of anilines is 1. The lowest BCUT2D eigenvalue weighted by atomic mass is 10.3. The molecule has 6 nitrogen and oxygen atoms in total. The van der Waals surface area contributed by atoms with Crippen LogP contribution in [0.4, 0.5) is 5.69 Å². The van der Waals surface area contributed by atoms with Gasteiger partial charge in [-0.15, -0.1) is 0 Å². The van der Waals surface area contributed by atoms with Crippen LogP contribution in [0.1, 0.15) is 13.3 Å². The Kier molecular flexibility index (Phi) is 3.30. The largest absolute Gasteiger partial charge is 0.454 e. The second-order valence-corrected chi connectivity index (χ2v) is 5.60. The second kappa shape index (κ2) is 4.74. The second-order valence-electron chi connectivity index (χ2n) is 3.74. The van der Waals surface area contributed by atoms with E-state index in [-0.39, 0.29) is 13.2 Å². The molecule has 0 saturated heterocycles. The predicted octanol–water partition coefficient (Wildman–Crippen LogP) is 1.46. The van der Waals surface area contributed by atoms with E-state index in [1.165, 1.54) is 6.07 Å². The van der Waals surface area contributed by atoms with Crippen LogP contribution in [0.5, 0.6) is 11.5 Å². The van der Waals surface area contributed by atoms with Gasteiger partial charge in [-0.25, -0.2) is 8.42 Å². The molecule has 1 atom stereocenters. The molecule has 1 aliphatic rings. The van der Waals surface area contributed by atoms with Crippen LogP contribution in [-0.2, 0) is 10.0 Å². The number of benzene rings is 1. The topological polar surface area (TPSA) is 88.4 Å². The molecule has 0 saturated carbocycles. The Morgan fingerprint density at radius 1 is 1.44 bits per heavy atom. The van der Waals surface area contributed by atoms with E-state index in [1.807, 2.05) is 0 Å². The summed E-state index contributed by atoms with van der Waals surface area (Å²) in [6.07, 6.45) is 0.233. The molecule has 7 heteroatoms. The van der Waals surface area contributed by atoms with Crippen molar-refractivity contribution in [3.05, 3.63) is 18.2 Å². The van der Waals surface area contributed by atoms with Crippen LogP contribution in [0, 0.1) is 11.3 Å². The molecule has 1 aromatic rings. The fourth-order valence-corrected chi connectivity index (χ4v) is 2.75. The Labute approximate surface area is 105 Å². The van der Waals surface area contributed by atoms with Crippen molar-refractivity contribution in [2.45, 2.75) is 18.6 Å². The van der Waals surface area contributed by atoms with E-state index in [9.17, 15) is 8.42 Å². The third-order valence-electron chi connectivity index (χ3n) is 2.52. The Balaban J connectivity index is 2.22. The van der Waals surface area contributed by atoms with Crippen molar-refractivity contribution in [3.63, 3.8) is 0 Å². The lowest BCUT2D eigenvalue weighted by Gasteiger charge is -2.11. The first-order chi connectivity index (χ1) is 8.56. The minimum absolute atomic E-state index is 0.126. The quantitative estimate of drug-likeness (QED) is 0.893. The average Bonchev–Trinajstić information content (AvgIpc) is 2.76. The van der Waals surface area contributed by atoms with Gasteiger partial charge in [-0.05, 0) is 18.6 Å². The Bertz CT molecular complexity index is 592. The Morgan fingerprint density at radius 2 is 2.17 bits per heavy atom. The van der Waals surface area contributed by atoms with Crippen LogP contribution in [-0.4, -0.2) is 20.5 Å². The van der Waals surface area contributed by atoms with Gasteiger partial charge in [0, 0.05) is 6.07 Å². The molecule has 2 rings (SSSR count). The van der Waals surface area contributed by atoms with Crippen LogP contribution in [0.15, 0.2) is 18.2 Å².